The van der Waals surface area contributed by atoms with Gasteiger partial charge in [0, 0.05) is 38.7 Å². The van der Waals surface area contributed by atoms with Crippen molar-refractivity contribution in [3.63, 3.8) is 0 Å². The lowest BCUT2D eigenvalue weighted by molar-refractivity contribution is 0.178. The molecule has 2 N–H and O–H groups in total. The quantitative estimate of drug-likeness (QED) is 0.774. The van der Waals surface area contributed by atoms with Crippen molar-refractivity contribution in [3.05, 3.63) is 42.0 Å². The Hall–Kier alpha value is -2.21. The number of rotatable bonds is 8. The molecule has 2 aromatic heterocycles. The lowest BCUT2D eigenvalue weighted by Crippen LogP contribution is -2.10. The predicted molar refractivity (Wildman–Crippen MR) is 83.3 cm³/mol. The first kappa shape index (κ1) is 15.2. The lowest BCUT2D eigenvalue weighted by atomic mass is 10.2. The van der Waals surface area contributed by atoms with E-state index in [2.05, 4.69) is 31.7 Å². The van der Waals surface area contributed by atoms with Crippen molar-refractivity contribution in [1.29, 1.82) is 0 Å². The van der Waals surface area contributed by atoms with Crippen LogP contribution in [0.3, 0.4) is 0 Å². The summed E-state index contributed by atoms with van der Waals surface area (Å²) in [5.41, 5.74) is 1.20. The van der Waals surface area contributed by atoms with Crippen LogP contribution in [0.4, 0.5) is 11.6 Å². The molecule has 6 heteroatoms. The summed E-state index contributed by atoms with van der Waals surface area (Å²) in [7, 11) is 1.64. The molecular formula is C15H21N5O. The van der Waals surface area contributed by atoms with Crippen LogP contribution in [-0.4, -0.2) is 35.2 Å². The highest BCUT2D eigenvalue weighted by atomic mass is 16.5. The number of hydrogen-bond acceptors (Lipinski definition) is 6. The maximum atomic E-state index is 5.10. The number of methoxy groups -OCH3 is 1. The predicted octanol–water partition coefficient (Wildman–Crippen LogP) is 2.10. The molecule has 0 aliphatic heterocycles. The zero-order valence-corrected chi connectivity index (χ0v) is 12.5. The Bertz CT molecular complexity index is 523. The Morgan fingerprint density at radius 2 is 2.00 bits per heavy atom. The van der Waals surface area contributed by atoms with E-state index in [0.29, 0.717) is 12.4 Å². The van der Waals surface area contributed by atoms with Gasteiger partial charge in [-0.25, -0.2) is 9.97 Å². The van der Waals surface area contributed by atoms with Gasteiger partial charge in [-0.15, -0.1) is 0 Å². The van der Waals surface area contributed by atoms with Crippen LogP contribution in [0.1, 0.15) is 18.3 Å². The molecule has 0 atom stereocenters. The molecule has 112 valence electrons. The fraction of sp³-hybridized carbons (Fsp3) is 0.400. The Morgan fingerprint density at radius 1 is 1.19 bits per heavy atom. The molecule has 6 nitrogen and oxygen atoms in total. The first-order valence-electron chi connectivity index (χ1n) is 7.05. The second kappa shape index (κ2) is 8.16. The third kappa shape index (κ3) is 5.00. The Kier molecular flexibility index (Phi) is 5.90. The SMILES string of the molecule is CCNc1cc(NCCc2cccnc2)nc(COC)n1. The van der Waals surface area contributed by atoms with Crippen LogP contribution < -0.4 is 10.6 Å². The van der Waals surface area contributed by atoms with Crippen LogP contribution in [0.15, 0.2) is 30.6 Å². The zero-order chi connectivity index (χ0) is 14.9. The standard InChI is InChI=1S/C15H21N5O/c1-3-17-13-9-14(20-15(19-13)11-21-2)18-8-6-12-5-4-7-16-10-12/h4-5,7,9-10H,3,6,8,11H2,1-2H3,(H2,17,18,19,20). The molecule has 0 aliphatic carbocycles. The fourth-order valence-corrected chi connectivity index (χ4v) is 1.93. The molecule has 21 heavy (non-hydrogen) atoms. The van der Waals surface area contributed by atoms with Crippen LogP contribution in [-0.2, 0) is 17.8 Å². The third-order valence-corrected chi connectivity index (χ3v) is 2.85. The lowest BCUT2D eigenvalue weighted by Gasteiger charge is -2.10. The molecule has 2 rings (SSSR count). The summed E-state index contributed by atoms with van der Waals surface area (Å²) in [6, 6.07) is 5.92. The molecule has 0 radical (unpaired) electrons. The normalized spacial score (nSPS) is 10.4. The zero-order valence-electron chi connectivity index (χ0n) is 12.5. The fourth-order valence-electron chi connectivity index (χ4n) is 1.93. The highest BCUT2D eigenvalue weighted by molar-refractivity contribution is 5.47. The molecule has 0 aliphatic rings. The van der Waals surface area contributed by atoms with Gasteiger partial charge < -0.3 is 15.4 Å². The van der Waals surface area contributed by atoms with E-state index in [4.69, 9.17) is 4.74 Å². The van der Waals surface area contributed by atoms with E-state index in [1.165, 1.54) is 5.56 Å². The van der Waals surface area contributed by atoms with E-state index >= 15 is 0 Å². The minimum Gasteiger partial charge on any atom is -0.377 e. The van der Waals surface area contributed by atoms with Gasteiger partial charge in [0.1, 0.15) is 18.2 Å². The molecule has 0 bridgehead atoms. The summed E-state index contributed by atoms with van der Waals surface area (Å²) < 4.78 is 5.10. The first-order chi connectivity index (χ1) is 10.3. The van der Waals surface area contributed by atoms with Crippen molar-refractivity contribution in [2.75, 3.05) is 30.8 Å². The van der Waals surface area contributed by atoms with Crippen molar-refractivity contribution >= 4 is 11.6 Å². The summed E-state index contributed by atoms with van der Waals surface area (Å²) in [6.45, 7) is 4.05. The van der Waals surface area contributed by atoms with Crippen molar-refractivity contribution in [2.24, 2.45) is 0 Å². The smallest absolute Gasteiger partial charge is 0.158 e. The molecule has 0 unspecified atom stereocenters. The van der Waals surface area contributed by atoms with Crippen molar-refractivity contribution < 1.29 is 4.74 Å². The number of aromatic nitrogens is 3. The molecule has 0 saturated carbocycles. The molecule has 2 aromatic rings. The second-order valence-electron chi connectivity index (χ2n) is 4.56. The van der Waals surface area contributed by atoms with Crippen LogP contribution in [0.25, 0.3) is 0 Å². The summed E-state index contributed by atoms with van der Waals surface area (Å²) in [4.78, 5) is 12.9. The molecule has 2 heterocycles. The molecule has 0 saturated heterocycles. The Balaban J connectivity index is 1.97. The van der Waals surface area contributed by atoms with E-state index in [1.807, 2.05) is 25.3 Å². The average Bonchev–Trinajstić information content (AvgIpc) is 2.49. The second-order valence-corrected chi connectivity index (χ2v) is 4.56. The molecule has 0 aromatic carbocycles. The summed E-state index contributed by atoms with van der Waals surface area (Å²) in [5.74, 6) is 2.28. The minimum atomic E-state index is 0.399. The highest BCUT2D eigenvalue weighted by Crippen LogP contribution is 2.12. The molecule has 0 fully saturated rings. The van der Waals surface area contributed by atoms with Crippen LogP contribution in [0.2, 0.25) is 0 Å². The first-order valence-corrected chi connectivity index (χ1v) is 7.05. The van der Waals surface area contributed by atoms with Crippen LogP contribution >= 0.6 is 0 Å². The van der Waals surface area contributed by atoms with Gasteiger partial charge in [-0.05, 0) is 25.0 Å². The largest absolute Gasteiger partial charge is 0.377 e. The van der Waals surface area contributed by atoms with E-state index in [1.54, 1.807) is 13.3 Å². The van der Waals surface area contributed by atoms with Gasteiger partial charge >= 0.3 is 0 Å². The maximum absolute atomic E-state index is 5.10. The molecule has 0 amide bonds. The maximum Gasteiger partial charge on any atom is 0.158 e. The highest BCUT2D eigenvalue weighted by Gasteiger charge is 2.04. The number of nitrogens with one attached hydrogen (secondary N) is 2. The number of anilines is 2. The minimum absolute atomic E-state index is 0.399. The topological polar surface area (TPSA) is 72.0 Å². The van der Waals surface area contributed by atoms with E-state index in [9.17, 15) is 0 Å². The van der Waals surface area contributed by atoms with Crippen molar-refractivity contribution in [1.82, 2.24) is 15.0 Å². The Morgan fingerprint density at radius 3 is 2.67 bits per heavy atom. The van der Waals surface area contributed by atoms with Crippen LogP contribution in [0.5, 0.6) is 0 Å². The van der Waals surface area contributed by atoms with Gasteiger partial charge in [0.2, 0.25) is 0 Å². The summed E-state index contributed by atoms with van der Waals surface area (Å²) in [5, 5.41) is 6.51. The van der Waals surface area contributed by atoms with Gasteiger partial charge in [0.15, 0.2) is 5.82 Å². The van der Waals surface area contributed by atoms with E-state index < -0.39 is 0 Å². The number of pyridine rings is 1. The van der Waals surface area contributed by atoms with Crippen LogP contribution in [0, 0.1) is 0 Å². The molecular weight excluding hydrogens is 266 g/mol. The van der Waals surface area contributed by atoms with Gasteiger partial charge in [0.05, 0.1) is 0 Å². The van der Waals surface area contributed by atoms with Gasteiger partial charge in [0.25, 0.3) is 0 Å². The monoisotopic (exact) mass is 287 g/mol. The van der Waals surface area contributed by atoms with Gasteiger partial charge in [-0.1, -0.05) is 6.07 Å². The summed E-state index contributed by atoms with van der Waals surface area (Å²) in [6.07, 6.45) is 4.55. The average molecular weight is 287 g/mol. The third-order valence-electron chi connectivity index (χ3n) is 2.85. The number of hydrogen-bond donors (Lipinski definition) is 2. The van der Waals surface area contributed by atoms with Crippen molar-refractivity contribution in [2.45, 2.75) is 20.0 Å². The van der Waals surface area contributed by atoms with Crippen molar-refractivity contribution in [3.8, 4) is 0 Å². The molecule has 0 spiro atoms. The van der Waals surface area contributed by atoms with Gasteiger partial charge in [-0.3, -0.25) is 4.98 Å². The Labute approximate surface area is 125 Å². The van der Waals surface area contributed by atoms with E-state index in [-0.39, 0.29) is 0 Å². The number of nitrogens with zero attached hydrogens (tertiary/aromatic N) is 3. The summed E-state index contributed by atoms with van der Waals surface area (Å²) >= 11 is 0. The number of ether oxygens (including phenoxy) is 1. The van der Waals surface area contributed by atoms with Gasteiger partial charge in [-0.2, -0.15) is 0 Å². The van der Waals surface area contributed by atoms with E-state index in [0.717, 1.165) is 31.1 Å².